The van der Waals surface area contributed by atoms with Gasteiger partial charge in [-0.15, -0.1) is 0 Å². The van der Waals surface area contributed by atoms with Crippen molar-refractivity contribution in [1.82, 2.24) is 4.31 Å². The maximum atomic E-state index is 13.3. The third-order valence-electron chi connectivity index (χ3n) is 5.09. The summed E-state index contributed by atoms with van der Waals surface area (Å²) in [4.78, 5) is 1.01. The van der Waals surface area contributed by atoms with Crippen molar-refractivity contribution >= 4 is 25.5 Å². The fourth-order valence-corrected chi connectivity index (χ4v) is 7.75. The molecule has 6 nitrogen and oxygen atoms in total. The highest BCUT2D eigenvalue weighted by Gasteiger charge is 2.56. The van der Waals surface area contributed by atoms with E-state index in [1.165, 1.54) is 0 Å². The molecule has 11 heteroatoms. The molecule has 0 aliphatic rings. The average Bonchev–Trinajstić information content (AvgIpc) is 2.66. The van der Waals surface area contributed by atoms with Crippen molar-refractivity contribution in [3.63, 3.8) is 0 Å². The number of benzene rings is 1. The second-order valence-corrected chi connectivity index (χ2v) is 12.3. The average molecular weight is 488 g/mol. The summed E-state index contributed by atoms with van der Waals surface area (Å²) in [6.07, 6.45) is 0.607. The third kappa shape index (κ3) is 7.44. The van der Waals surface area contributed by atoms with Gasteiger partial charge in [0.2, 0.25) is 10.0 Å². The van der Waals surface area contributed by atoms with Gasteiger partial charge in [-0.05, 0) is 51.2 Å². The number of nitrogens with one attached hydrogen (secondary N) is 1. The minimum absolute atomic E-state index is 0.0135. The first-order chi connectivity index (χ1) is 14.3. The summed E-state index contributed by atoms with van der Waals surface area (Å²) in [5, 5.41) is 0. The summed E-state index contributed by atoms with van der Waals surface area (Å²) < 4.78 is 88.3. The van der Waals surface area contributed by atoms with Crippen LogP contribution in [0.15, 0.2) is 24.3 Å². The predicted octanol–water partition coefficient (Wildman–Crippen LogP) is 3.02. The first-order valence-electron chi connectivity index (χ1n) is 10.5. The topological polar surface area (TPSA) is 76.0 Å². The molecule has 1 N–H and O–H groups in total. The first-order valence-corrected chi connectivity index (χ1v) is 13.5. The lowest BCUT2D eigenvalue weighted by Gasteiger charge is -2.27. The van der Waals surface area contributed by atoms with E-state index in [2.05, 4.69) is 0 Å². The fraction of sp³-hybridized carbons (Fsp3) is 0.700. The highest BCUT2D eigenvalue weighted by molar-refractivity contribution is 8.08. The van der Waals surface area contributed by atoms with Crippen molar-refractivity contribution in [3.05, 3.63) is 29.8 Å². The number of aryl methyl sites for hydroxylation is 1. The molecule has 180 valence electrons. The number of nitrogens with zero attached hydrogens (tertiary/aromatic N) is 1. The molecular formula is C20H34F3N2O4S2+. The smallest absolute Gasteiger partial charge is 0.305 e. The van der Waals surface area contributed by atoms with Crippen molar-refractivity contribution in [2.75, 3.05) is 26.7 Å². The van der Waals surface area contributed by atoms with E-state index in [0.29, 0.717) is 25.8 Å². The molecule has 0 saturated carbocycles. The van der Waals surface area contributed by atoms with E-state index >= 15 is 0 Å². The van der Waals surface area contributed by atoms with Crippen LogP contribution in [0.25, 0.3) is 0 Å². The molecule has 0 amide bonds. The van der Waals surface area contributed by atoms with Crippen LogP contribution in [0, 0.1) is 6.92 Å². The lowest BCUT2D eigenvalue weighted by molar-refractivity contribution is -0.810. The molecule has 0 heterocycles. The summed E-state index contributed by atoms with van der Waals surface area (Å²) in [7, 11) is -8.64. The van der Waals surface area contributed by atoms with Crippen molar-refractivity contribution in [1.29, 1.82) is 0 Å². The van der Waals surface area contributed by atoms with E-state index in [1.807, 2.05) is 38.2 Å². The van der Waals surface area contributed by atoms with Crippen LogP contribution in [0.5, 0.6) is 0 Å². The van der Waals surface area contributed by atoms with E-state index in [9.17, 15) is 30.0 Å². The molecule has 2 atom stereocenters. The monoisotopic (exact) mass is 487 g/mol. The van der Waals surface area contributed by atoms with Crippen LogP contribution in [0.4, 0.5) is 18.9 Å². The highest BCUT2D eigenvalue weighted by atomic mass is 32.3. The van der Waals surface area contributed by atoms with Gasteiger partial charge >= 0.3 is 5.51 Å². The molecule has 0 aliphatic carbocycles. The number of hydrogen-bond donors (Lipinski definition) is 1. The second kappa shape index (κ2) is 11.6. The maximum Gasteiger partial charge on any atom is 0.498 e. The van der Waals surface area contributed by atoms with E-state index < -0.39 is 36.4 Å². The van der Waals surface area contributed by atoms with Crippen molar-refractivity contribution < 1.29 is 34.9 Å². The largest absolute Gasteiger partial charge is 0.498 e. The van der Waals surface area contributed by atoms with Crippen LogP contribution in [0.1, 0.15) is 51.5 Å². The van der Waals surface area contributed by atoms with Gasteiger partial charge in [0.05, 0.1) is 13.6 Å². The summed E-state index contributed by atoms with van der Waals surface area (Å²) in [5.41, 5.74) is -3.53. The maximum absolute atomic E-state index is 13.3. The van der Waals surface area contributed by atoms with Crippen LogP contribution in [-0.2, 0) is 19.9 Å². The highest BCUT2D eigenvalue weighted by Crippen LogP contribution is 2.33. The predicted molar refractivity (Wildman–Crippen MR) is 116 cm³/mol. The zero-order valence-corrected chi connectivity index (χ0v) is 20.2. The minimum atomic E-state index is -5.87. The Morgan fingerprint density at radius 2 is 1.48 bits per heavy atom. The molecule has 0 saturated heterocycles. The lowest BCUT2D eigenvalue weighted by atomic mass is 10.2. The summed E-state index contributed by atoms with van der Waals surface area (Å²) in [6, 6.07) is 7.79. The summed E-state index contributed by atoms with van der Waals surface area (Å²) in [6.45, 7) is 5.85. The Labute approximate surface area is 184 Å². The fourth-order valence-electron chi connectivity index (χ4n) is 3.33. The number of halogens is 3. The third-order valence-corrected chi connectivity index (χ3v) is 10.1. The standard InChI is InChI=1S/C20H33F3N2O4S2/c1-5-14-25(15-6-2)31(28,29)19(30(26,27)20(21,22)23)9-7-8-16-24(4)18-12-10-17(3)11-13-18/h10-13,19H,5-9,14-16H2,1-4H3/p+1. The Bertz CT molecular complexity index is 880. The second-order valence-electron chi connectivity index (χ2n) is 7.76. The molecular weight excluding hydrogens is 453 g/mol. The number of rotatable bonds is 13. The number of sulfone groups is 1. The van der Waals surface area contributed by atoms with Crippen molar-refractivity contribution in [3.8, 4) is 0 Å². The van der Waals surface area contributed by atoms with Crippen LogP contribution in [0.2, 0.25) is 0 Å². The summed E-state index contributed by atoms with van der Waals surface area (Å²) in [5.74, 6) is 0. The van der Waals surface area contributed by atoms with Gasteiger partial charge in [-0.2, -0.15) is 13.2 Å². The van der Waals surface area contributed by atoms with E-state index in [0.717, 1.165) is 20.5 Å². The zero-order chi connectivity index (χ0) is 23.9. The van der Waals surface area contributed by atoms with Gasteiger partial charge in [-0.25, -0.2) is 21.1 Å². The summed E-state index contributed by atoms with van der Waals surface area (Å²) >= 11 is 0. The van der Waals surface area contributed by atoms with Crippen molar-refractivity contribution in [2.45, 2.75) is 63.0 Å². The van der Waals surface area contributed by atoms with Crippen LogP contribution in [-0.4, -0.2) is 57.9 Å². The first kappa shape index (κ1) is 27.9. The molecule has 0 bridgehead atoms. The van der Waals surface area contributed by atoms with E-state index in [-0.39, 0.29) is 19.5 Å². The van der Waals surface area contributed by atoms with Crippen LogP contribution >= 0.6 is 0 Å². The van der Waals surface area contributed by atoms with Gasteiger partial charge in [0.15, 0.2) is 4.58 Å². The molecule has 2 unspecified atom stereocenters. The SMILES string of the molecule is CCCN(CCC)S(=O)(=O)C(CCCC[NH+](C)c1ccc(C)cc1)S(=O)(=O)C(F)(F)F. The molecule has 1 rings (SSSR count). The van der Waals surface area contributed by atoms with Gasteiger partial charge in [-0.3, -0.25) is 0 Å². The Morgan fingerprint density at radius 1 is 0.968 bits per heavy atom. The van der Waals surface area contributed by atoms with Crippen molar-refractivity contribution in [2.24, 2.45) is 0 Å². The zero-order valence-electron chi connectivity index (χ0n) is 18.6. The van der Waals surface area contributed by atoms with Gasteiger partial charge in [0, 0.05) is 13.1 Å². The molecule has 0 fully saturated rings. The van der Waals surface area contributed by atoms with Gasteiger partial charge in [0.1, 0.15) is 5.69 Å². The lowest BCUT2D eigenvalue weighted by Crippen LogP contribution is -3.03. The molecule has 1 aromatic carbocycles. The van der Waals surface area contributed by atoms with Gasteiger partial charge < -0.3 is 4.90 Å². The number of alkyl halides is 3. The Morgan fingerprint density at radius 3 is 1.94 bits per heavy atom. The minimum Gasteiger partial charge on any atom is -0.305 e. The Balaban J connectivity index is 2.99. The molecule has 0 aromatic heterocycles. The van der Waals surface area contributed by atoms with Crippen LogP contribution < -0.4 is 4.90 Å². The number of unbranched alkanes of at least 4 members (excludes halogenated alkanes) is 1. The van der Waals surface area contributed by atoms with E-state index in [4.69, 9.17) is 0 Å². The van der Waals surface area contributed by atoms with Gasteiger partial charge in [-0.1, -0.05) is 31.5 Å². The number of sulfonamides is 1. The molecule has 0 spiro atoms. The normalized spacial score (nSPS) is 15.2. The van der Waals surface area contributed by atoms with Crippen LogP contribution in [0.3, 0.4) is 0 Å². The molecule has 0 radical (unpaired) electrons. The van der Waals surface area contributed by atoms with Gasteiger partial charge in [0.25, 0.3) is 9.84 Å². The quantitative estimate of drug-likeness (QED) is 0.434. The molecule has 0 aliphatic heterocycles. The number of hydrogen-bond acceptors (Lipinski definition) is 4. The molecule has 31 heavy (non-hydrogen) atoms. The molecule has 1 aromatic rings. The Hall–Kier alpha value is -1.17. The number of quaternary nitrogens is 1. The van der Waals surface area contributed by atoms with E-state index in [1.54, 1.807) is 13.8 Å². The Kier molecular flexibility index (Phi) is 10.4.